The Bertz CT molecular complexity index is 427. The van der Waals surface area contributed by atoms with Crippen LogP contribution in [0, 0.1) is 18.8 Å². The van der Waals surface area contributed by atoms with Crippen LogP contribution >= 0.6 is 0 Å². The highest BCUT2D eigenvalue weighted by molar-refractivity contribution is 5.97. The molecule has 4 N–H and O–H groups in total. The highest BCUT2D eigenvalue weighted by Gasteiger charge is 2.21. The molecule has 0 radical (unpaired) electrons. The van der Waals surface area contributed by atoms with Crippen molar-refractivity contribution in [3.63, 3.8) is 0 Å². The fourth-order valence-corrected chi connectivity index (χ4v) is 2.68. The molecule has 5 nitrogen and oxygen atoms in total. The second-order valence-corrected chi connectivity index (χ2v) is 5.46. The first-order valence-electron chi connectivity index (χ1n) is 6.66. The first-order chi connectivity index (χ1) is 8.58. The second kappa shape index (κ2) is 5.42. The number of anilines is 1. The van der Waals surface area contributed by atoms with Gasteiger partial charge in [0.05, 0.1) is 11.4 Å². The lowest BCUT2D eigenvalue weighted by Gasteiger charge is -2.26. The van der Waals surface area contributed by atoms with Crippen LogP contribution in [0.3, 0.4) is 0 Å². The van der Waals surface area contributed by atoms with Crippen LogP contribution in [0.2, 0.25) is 0 Å². The lowest BCUT2D eigenvalue weighted by atomic mass is 9.82. The number of H-pyrrole nitrogens is 1. The van der Waals surface area contributed by atoms with E-state index < -0.39 is 0 Å². The van der Waals surface area contributed by atoms with Crippen LogP contribution < -0.4 is 11.1 Å². The average Bonchev–Trinajstić information content (AvgIpc) is 2.67. The molecular formula is C13H22N4O. The second-order valence-electron chi connectivity index (χ2n) is 5.46. The zero-order chi connectivity index (χ0) is 13.1. The van der Waals surface area contributed by atoms with Crippen LogP contribution in [0.25, 0.3) is 0 Å². The van der Waals surface area contributed by atoms with Crippen molar-refractivity contribution in [2.75, 3.05) is 12.3 Å². The maximum absolute atomic E-state index is 11.9. The van der Waals surface area contributed by atoms with Crippen molar-refractivity contribution in [3.8, 4) is 0 Å². The number of aromatic nitrogens is 2. The molecule has 1 aromatic heterocycles. The van der Waals surface area contributed by atoms with Gasteiger partial charge in [-0.05, 0) is 31.6 Å². The summed E-state index contributed by atoms with van der Waals surface area (Å²) in [5, 5.41) is 9.60. The summed E-state index contributed by atoms with van der Waals surface area (Å²) in [6, 6.07) is 0. The van der Waals surface area contributed by atoms with E-state index in [0.717, 1.165) is 18.2 Å². The molecule has 1 fully saturated rings. The molecule has 100 valence electrons. The zero-order valence-corrected chi connectivity index (χ0v) is 11.1. The summed E-state index contributed by atoms with van der Waals surface area (Å²) in [5.41, 5.74) is 7.29. The molecule has 2 atom stereocenters. The van der Waals surface area contributed by atoms with E-state index in [1.165, 1.54) is 25.7 Å². The third-order valence-corrected chi connectivity index (χ3v) is 3.81. The molecule has 1 aliphatic rings. The van der Waals surface area contributed by atoms with Gasteiger partial charge in [-0.25, -0.2) is 0 Å². The van der Waals surface area contributed by atoms with Crippen molar-refractivity contribution in [1.29, 1.82) is 0 Å². The van der Waals surface area contributed by atoms with E-state index in [9.17, 15) is 4.79 Å². The van der Waals surface area contributed by atoms with Gasteiger partial charge in [0, 0.05) is 6.54 Å². The molecule has 2 unspecified atom stereocenters. The lowest BCUT2D eigenvalue weighted by molar-refractivity contribution is 0.0936. The average molecular weight is 250 g/mol. The number of carbonyl (C=O) groups is 1. The van der Waals surface area contributed by atoms with Gasteiger partial charge >= 0.3 is 0 Å². The van der Waals surface area contributed by atoms with Crippen LogP contribution in [-0.2, 0) is 0 Å². The van der Waals surface area contributed by atoms with E-state index in [2.05, 4.69) is 22.4 Å². The van der Waals surface area contributed by atoms with Crippen LogP contribution in [-0.4, -0.2) is 22.6 Å². The van der Waals surface area contributed by atoms with Gasteiger partial charge in [-0.1, -0.05) is 19.8 Å². The Balaban J connectivity index is 1.86. The number of amides is 1. The van der Waals surface area contributed by atoms with Gasteiger partial charge in [-0.15, -0.1) is 0 Å². The smallest absolute Gasteiger partial charge is 0.273 e. The van der Waals surface area contributed by atoms with Gasteiger partial charge in [0.1, 0.15) is 0 Å². The summed E-state index contributed by atoms with van der Waals surface area (Å²) in [4.78, 5) is 11.9. The Morgan fingerprint density at radius 1 is 1.56 bits per heavy atom. The number of nitrogens with zero attached hydrogens (tertiary/aromatic N) is 1. The molecule has 5 heteroatoms. The summed E-state index contributed by atoms with van der Waals surface area (Å²) in [7, 11) is 0. The van der Waals surface area contributed by atoms with Crippen molar-refractivity contribution in [2.24, 2.45) is 11.8 Å². The van der Waals surface area contributed by atoms with E-state index in [-0.39, 0.29) is 5.91 Å². The molecule has 0 aromatic carbocycles. The van der Waals surface area contributed by atoms with Gasteiger partial charge in [0.2, 0.25) is 0 Å². The number of rotatable bonds is 3. The summed E-state index contributed by atoms with van der Waals surface area (Å²) < 4.78 is 0. The van der Waals surface area contributed by atoms with Gasteiger partial charge < -0.3 is 11.1 Å². The van der Waals surface area contributed by atoms with Gasteiger partial charge in [0.25, 0.3) is 5.91 Å². The number of nitrogens with one attached hydrogen (secondary N) is 2. The number of aryl methyl sites for hydroxylation is 1. The van der Waals surface area contributed by atoms with E-state index >= 15 is 0 Å². The summed E-state index contributed by atoms with van der Waals surface area (Å²) in [6.45, 7) is 4.82. The minimum Gasteiger partial charge on any atom is -0.395 e. The third kappa shape index (κ3) is 2.83. The Hall–Kier alpha value is -1.52. The number of hydrogen-bond acceptors (Lipinski definition) is 3. The number of nitrogen functional groups attached to an aromatic ring is 1. The van der Waals surface area contributed by atoms with E-state index in [0.29, 0.717) is 17.3 Å². The molecule has 0 spiro atoms. The fraction of sp³-hybridized carbons (Fsp3) is 0.692. The Labute approximate surface area is 108 Å². The number of hydrogen-bond donors (Lipinski definition) is 3. The fourth-order valence-electron chi connectivity index (χ4n) is 2.68. The maximum atomic E-state index is 11.9. The predicted molar refractivity (Wildman–Crippen MR) is 71.2 cm³/mol. The van der Waals surface area contributed by atoms with Crippen LogP contribution in [0.1, 0.15) is 48.8 Å². The minimum absolute atomic E-state index is 0.171. The predicted octanol–water partition coefficient (Wildman–Crippen LogP) is 1.86. The third-order valence-electron chi connectivity index (χ3n) is 3.81. The number of nitrogens with two attached hydrogens (primary N) is 1. The minimum atomic E-state index is -0.171. The first kappa shape index (κ1) is 12.9. The SMILES string of the molecule is Cc1[nH]nc(C(=O)NCC2CCCC(C)C2)c1N. The van der Waals surface area contributed by atoms with Crippen molar-refractivity contribution >= 4 is 11.6 Å². The van der Waals surface area contributed by atoms with Crippen molar-refractivity contribution < 1.29 is 4.79 Å². The van der Waals surface area contributed by atoms with Crippen molar-refractivity contribution in [2.45, 2.75) is 39.5 Å². The molecule has 1 amide bonds. The van der Waals surface area contributed by atoms with Crippen molar-refractivity contribution in [1.82, 2.24) is 15.5 Å². The quantitative estimate of drug-likeness (QED) is 0.765. The van der Waals surface area contributed by atoms with Crippen LogP contribution in [0.5, 0.6) is 0 Å². The molecule has 1 heterocycles. The Kier molecular flexibility index (Phi) is 3.89. The molecule has 1 saturated carbocycles. The zero-order valence-electron chi connectivity index (χ0n) is 11.1. The molecule has 1 aromatic rings. The van der Waals surface area contributed by atoms with Gasteiger partial charge in [-0.2, -0.15) is 5.10 Å². The molecule has 0 bridgehead atoms. The first-order valence-corrected chi connectivity index (χ1v) is 6.66. The summed E-state index contributed by atoms with van der Waals surface area (Å²) >= 11 is 0. The molecule has 1 aliphatic carbocycles. The standard InChI is InChI=1S/C13H22N4O/c1-8-4-3-5-10(6-8)7-15-13(18)12-11(14)9(2)16-17-12/h8,10H,3-7,14H2,1-2H3,(H,15,18)(H,16,17). The molecular weight excluding hydrogens is 228 g/mol. The molecule has 18 heavy (non-hydrogen) atoms. The topological polar surface area (TPSA) is 83.8 Å². The molecule has 0 aliphatic heterocycles. The normalized spacial score (nSPS) is 23.9. The highest BCUT2D eigenvalue weighted by Crippen LogP contribution is 2.28. The van der Waals surface area contributed by atoms with E-state index in [1.807, 2.05) is 6.92 Å². The number of carbonyl (C=O) groups excluding carboxylic acids is 1. The van der Waals surface area contributed by atoms with Gasteiger partial charge in [-0.3, -0.25) is 9.89 Å². The van der Waals surface area contributed by atoms with Gasteiger partial charge in [0.15, 0.2) is 5.69 Å². The van der Waals surface area contributed by atoms with Crippen LogP contribution in [0.4, 0.5) is 5.69 Å². The summed E-state index contributed by atoms with van der Waals surface area (Å²) in [6.07, 6.45) is 5.00. The maximum Gasteiger partial charge on any atom is 0.273 e. The monoisotopic (exact) mass is 250 g/mol. The summed E-state index contributed by atoms with van der Waals surface area (Å²) in [5.74, 6) is 1.20. The van der Waals surface area contributed by atoms with E-state index in [1.54, 1.807) is 0 Å². The molecule has 2 rings (SSSR count). The Morgan fingerprint density at radius 2 is 2.33 bits per heavy atom. The largest absolute Gasteiger partial charge is 0.395 e. The van der Waals surface area contributed by atoms with Crippen molar-refractivity contribution in [3.05, 3.63) is 11.4 Å². The van der Waals surface area contributed by atoms with Crippen LogP contribution in [0.15, 0.2) is 0 Å². The lowest BCUT2D eigenvalue weighted by Crippen LogP contribution is -2.32. The number of aromatic amines is 1. The highest BCUT2D eigenvalue weighted by atomic mass is 16.1. The van der Waals surface area contributed by atoms with E-state index in [4.69, 9.17) is 5.73 Å². The molecule has 0 saturated heterocycles. The Morgan fingerprint density at radius 3 is 2.94 bits per heavy atom.